The molecular formula is C8H18O4Sr. The maximum atomic E-state index is 10.0. The molecule has 0 aliphatic carbocycles. The first-order valence-electron chi connectivity index (χ1n) is 3.84. The van der Waals surface area contributed by atoms with E-state index >= 15 is 0 Å². The Bertz CT molecular complexity index is 68.5. The Hall–Kier alpha value is 1.32. The van der Waals surface area contributed by atoms with E-state index in [0.29, 0.717) is 13.2 Å². The predicted molar refractivity (Wildman–Crippen MR) is 48.4 cm³/mol. The molecule has 0 aliphatic heterocycles. The summed E-state index contributed by atoms with van der Waals surface area (Å²) in [6.45, 7) is 3.78. The van der Waals surface area contributed by atoms with Crippen molar-refractivity contribution in [2.24, 2.45) is 0 Å². The van der Waals surface area contributed by atoms with E-state index in [0.717, 1.165) is 0 Å². The second-order valence-electron chi connectivity index (χ2n) is 2.53. The van der Waals surface area contributed by atoms with Gasteiger partial charge >= 0.3 is 45.5 Å². The molecule has 0 aromatic heterocycles. The third-order valence-electron chi connectivity index (χ3n) is 0.803. The Morgan fingerprint density at radius 3 is 1.15 bits per heavy atom. The Kier molecular flexibility index (Phi) is 24.1. The number of hydrogen-bond acceptors (Lipinski definition) is 4. The second-order valence-corrected chi connectivity index (χ2v) is 2.53. The van der Waals surface area contributed by atoms with Crippen molar-refractivity contribution < 1.29 is 19.7 Å². The largest absolute Gasteiger partial charge is 2.00 e. The quantitative estimate of drug-likeness (QED) is 0.574. The van der Waals surface area contributed by atoms with E-state index in [1.807, 2.05) is 0 Å². The van der Waals surface area contributed by atoms with Gasteiger partial charge in [-0.05, 0) is 0 Å². The fourth-order valence-corrected chi connectivity index (χ4v) is 0.469. The summed E-state index contributed by atoms with van der Waals surface area (Å²) in [5, 5.41) is 20.0. The van der Waals surface area contributed by atoms with Crippen LogP contribution in [0.5, 0.6) is 0 Å². The third-order valence-corrected chi connectivity index (χ3v) is 0.803. The van der Waals surface area contributed by atoms with E-state index in [1.54, 1.807) is 13.8 Å². The van der Waals surface area contributed by atoms with Gasteiger partial charge in [0.1, 0.15) is 0 Å². The van der Waals surface area contributed by atoms with E-state index in [9.17, 15) is 10.2 Å². The van der Waals surface area contributed by atoms with Gasteiger partial charge in [-0.1, -0.05) is 13.8 Å². The van der Waals surface area contributed by atoms with Gasteiger partial charge in [-0.25, -0.2) is 0 Å². The molecule has 2 atom stereocenters. The van der Waals surface area contributed by atoms with E-state index in [1.165, 1.54) is 14.2 Å². The molecule has 0 spiro atoms. The topological polar surface area (TPSA) is 64.6 Å². The van der Waals surface area contributed by atoms with Gasteiger partial charge in [0.2, 0.25) is 0 Å². The number of hydrogen-bond donors (Lipinski definition) is 0. The monoisotopic (exact) mass is 266 g/mol. The maximum absolute atomic E-state index is 10.0. The number of rotatable bonds is 4. The number of methoxy groups -OCH3 is 2. The standard InChI is InChI=1S/2C4H9O2.Sr/c2*1-4(5)3-6-2;/h2*4H,3H2,1-2H3;/q2*-1;+2. The molecule has 0 radical (unpaired) electrons. The van der Waals surface area contributed by atoms with Crippen molar-refractivity contribution in [3.8, 4) is 0 Å². The minimum Gasteiger partial charge on any atom is -0.851 e. The molecule has 0 amide bonds. The average molecular weight is 266 g/mol. The normalized spacial score (nSPS) is 13.4. The van der Waals surface area contributed by atoms with E-state index in [-0.39, 0.29) is 45.5 Å². The van der Waals surface area contributed by atoms with Gasteiger partial charge in [0.25, 0.3) is 0 Å². The van der Waals surface area contributed by atoms with Crippen LogP contribution in [-0.2, 0) is 9.47 Å². The molecule has 13 heavy (non-hydrogen) atoms. The molecule has 0 aromatic carbocycles. The van der Waals surface area contributed by atoms with Crippen LogP contribution in [0.25, 0.3) is 0 Å². The van der Waals surface area contributed by atoms with E-state index < -0.39 is 12.2 Å². The average Bonchev–Trinajstić information content (AvgIpc) is 1.87. The van der Waals surface area contributed by atoms with Gasteiger partial charge in [-0.2, -0.15) is 0 Å². The molecule has 76 valence electrons. The third kappa shape index (κ3) is 31.9. The van der Waals surface area contributed by atoms with Crippen LogP contribution >= 0.6 is 0 Å². The summed E-state index contributed by atoms with van der Waals surface area (Å²) in [5.41, 5.74) is 0. The van der Waals surface area contributed by atoms with Gasteiger partial charge in [0.15, 0.2) is 0 Å². The molecule has 0 saturated heterocycles. The molecule has 0 fully saturated rings. The van der Waals surface area contributed by atoms with Crippen molar-refractivity contribution in [2.75, 3.05) is 27.4 Å². The van der Waals surface area contributed by atoms with Gasteiger partial charge in [-0.3, -0.25) is 0 Å². The summed E-state index contributed by atoms with van der Waals surface area (Å²) >= 11 is 0. The van der Waals surface area contributed by atoms with Crippen molar-refractivity contribution >= 4 is 45.5 Å². The summed E-state index contributed by atoms with van der Waals surface area (Å²) in [6, 6.07) is 0. The van der Waals surface area contributed by atoms with E-state index in [4.69, 9.17) is 0 Å². The molecule has 0 N–H and O–H groups in total. The summed E-state index contributed by atoms with van der Waals surface area (Å²) in [5.74, 6) is 0. The smallest absolute Gasteiger partial charge is 0.851 e. The van der Waals surface area contributed by atoms with Gasteiger partial charge in [0.05, 0.1) is 0 Å². The number of ether oxygens (including phenoxy) is 2. The van der Waals surface area contributed by atoms with Gasteiger partial charge in [-0.15, -0.1) is 12.2 Å². The van der Waals surface area contributed by atoms with E-state index in [2.05, 4.69) is 9.47 Å². The summed E-state index contributed by atoms with van der Waals surface area (Å²) < 4.78 is 8.98. The van der Waals surface area contributed by atoms with Crippen LogP contribution < -0.4 is 10.2 Å². The molecule has 0 saturated carbocycles. The fourth-order valence-electron chi connectivity index (χ4n) is 0.469. The molecule has 0 aromatic rings. The van der Waals surface area contributed by atoms with Crippen LogP contribution in [0.15, 0.2) is 0 Å². The molecular weight excluding hydrogens is 248 g/mol. The van der Waals surface area contributed by atoms with Crippen molar-refractivity contribution in [3.05, 3.63) is 0 Å². The van der Waals surface area contributed by atoms with Crippen molar-refractivity contribution in [3.63, 3.8) is 0 Å². The van der Waals surface area contributed by atoms with Crippen molar-refractivity contribution in [2.45, 2.75) is 26.1 Å². The Balaban J connectivity index is -0.000000143. The van der Waals surface area contributed by atoms with Gasteiger partial charge in [0, 0.05) is 27.4 Å². The molecule has 5 heteroatoms. The molecule has 2 unspecified atom stereocenters. The van der Waals surface area contributed by atoms with Crippen LogP contribution in [0.1, 0.15) is 13.8 Å². The maximum Gasteiger partial charge on any atom is 2.00 e. The fraction of sp³-hybridized carbons (Fsp3) is 1.00. The zero-order chi connectivity index (χ0) is 9.98. The molecule has 0 bridgehead atoms. The summed E-state index contributed by atoms with van der Waals surface area (Å²) in [6.07, 6.45) is -1.15. The Morgan fingerprint density at radius 1 is 0.923 bits per heavy atom. The first-order chi connectivity index (χ1) is 5.54. The van der Waals surface area contributed by atoms with Crippen LogP contribution in [0, 0.1) is 0 Å². The minimum atomic E-state index is -0.574. The van der Waals surface area contributed by atoms with Crippen molar-refractivity contribution in [1.82, 2.24) is 0 Å². The zero-order valence-corrected chi connectivity index (χ0v) is 12.4. The van der Waals surface area contributed by atoms with Crippen LogP contribution in [0.4, 0.5) is 0 Å². The molecule has 0 heterocycles. The molecule has 0 rings (SSSR count). The van der Waals surface area contributed by atoms with Crippen molar-refractivity contribution in [1.29, 1.82) is 0 Å². The molecule has 0 aliphatic rings. The van der Waals surface area contributed by atoms with Crippen LogP contribution in [0.2, 0.25) is 0 Å². The summed E-state index contributed by atoms with van der Waals surface area (Å²) in [7, 11) is 3.04. The first kappa shape index (κ1) is 19.8. The second kappa shape index (κ2) is 15.8. The van der Waals surface area contributed by atoms with Crippen LogP contribution in [-0.4, -0.2) is 85.1 Å². The first-order valence-corrected chi connectivity index (χ1v) is 3.84. The zero-order valence-electron chi connectivity index (χ0n) is 8.91. The summed E-state index contributed by atoms with van der Waals surface area (Å²) in [4.78, 5) is 0. The Labute approximate surface area is 118 Å². The SMILES string of the molecule is COCC(C)[O-].COCC(C)[O-].[Sr+2]. The Morgan fingerprint density at radius 2 is 1.15 bits per heavy atom. The minimum absolute atomic E-state index is 0. The van der Waals surface area contributed by atoms with Crippen LogP contribution in [0.3, 0.4) is 0 Å². The van der Waals surface area contributed by atoms with Gasteiger partial charge < -0.3 is 19.7 Å². The molecule has 4 nitrogen and oxygen atoms in total. The predicted octanol–water partition coefficient (Wildman–Crippen LogP) is -1.62.